The van der Waals surface area contributed by atoms with Gasteiger partial charge in [0.2, 0.25) is 5.91 Å². The Morgan fingerprint density at radius 1 is 1.08 bits per heavy atom. The minimum atomic E-state index is -0.0744. The molecule has 3 nitrogen and oxygen atoms in total. The number of anilines is 1. The second-order valence-electron chi connectivity index (χ2n) is 5.86. The maximum Gasteiger partial charge on any atom is 0.233 e. The maximum atomic E-state index is 12.2. The monoisotopic (exact) mass is 406 g/mol. The number of hydrogen-bond donors (Lipinski definition) is 1. The van der Waals surface area contributed by atoms with E-state index in [2.05, 4.69) is 62.5 Å². The molecule has 1 amide bonds. The summed E-state index contributed by atoms with van der Waals surface area (Å²) in [7, 11) is 4.03. The lowest BCUT2D eigenvalue weighted by molar-refractivity contribution is -0.120. The van der Waals surface area contributed by atoms with E-state index in [0.29, 0.717) is 6.54 Å². The highest BCUT2D eigenvalue weighted by atomic mass is 79.9. The number of nitrogens with zero attached hydrogens (tertiary/aromatic N) is 1. The number of rotatable bonds is 7. The van der Waals surface area contributed by atoms with E-state index < -0.39 is 0 Å². The fraction of sp³-hybridized carbons (Fsp3) is 0.316. The second kappa shape index (κ2) is 9.14. The molecule has 0 aliphatic carbocycles. The number of halogens is 1. The number of thioether (sulfide) groups is 1. The van der Waals surface area contributed by atoms with Gasteiger partial charge in [-0.05, 0) is 42.3 Å². The third-order valence-electron chi connectivity index (χ3n) is 3.70. The van der Waals surface area contributed by atoms with Gasteiger partial charge in [0.05, 0.1) is 5.25 Å². The molecule has 1 N–H and O–H groups in total. The normalized spacial score (nSPS) is 11.8. The van der Waals surface area contributed by atoms with Gasteiger partial charge in [-0.3, -0.25) is 4.79 Å². The molecule has 0 aliphatic heterocycles. The first-order valence-electron chi connectivity index (χ1n) is 7.85. The number of nitrogens with one attached hydrogen (secondary N) is 1. The molecule has 0 saturated heterocycles. The molecule has 2 aromatic carbocycles. The van der Waals surface area contributed by atoms with Crippen molar-refractivity contribution in [3.05, 3.63) is 64.1 Å². The first-order valence-corrected chi connectivity index (χ1v) is 9.70. The predicted octanol–water partition coefficient (Wildman–Crippen LogP) is 4.45. The van der Waals surface area contributed by atoms with Crippen LogP contribution in [0.3, 0.4) is 0 Å². The van der Waals surface area contributed by atoms with E-state index >= 15 is 0 Å². The van der Waals surface area contributed by atoms with Crippen LogP contribution in [0.2, 0.25) is 0 Å². The topological polar surface area (TPSA) is 32.3 Å². The van der Waals surface area contributed by atoms with Crippen molar-refractivity contribution in [2.75, 3.05) is 19.0 Å². The number of hydrogen-bond acceptors (Lipinski definition) is 3. The van der Waals surface area contributed by atoms with E-state index in [9.17, 15) is 4.79 Å². The van der Waals surface area contributed by atoms with Gasteiger partial charge < -0.3 is 10.2 Å². The van der Waals surface area contributed by atoms with Gasteiger partial charge in [0.25, 0.3) is 0 Å². The molecule has 24 heavy (non-hydrogen) atoms. The van der Waals surface area contributed by atoms with Crippen LogP contribution >= 0.6 is 27.7 Å². The van der Waals surface area contributed by atoms with Gasteiger partial charge in [0.15, 0.2) is 0 Å². The SMILES string of the molecule is C[C@H](SCc1ccc(Br)cc1)C(=O)NCc1ccc(N(C)C)cc1. The van der Waals surface area contributed by atoms with E-state index in [1.165, 1.54) is 5.56 Å². The summed E-state index contributed by atoms with van der Waals surface area (Å²) in [4.78, 5) is 14.3. The fourth-order valence-corrected chi connectivity index (χ4v) is 3.26. The molecule has 2 aromatic rings. The second-order valence-corrected chi connectivity index (χ2v) is 8.10. The molecule has 0 saturated carbocycles. The summed E-state index contributed by atoms with van der Waals surface area (Å²) in [5.41, 5.74) is 3.49. The van der Waals surface area contributed by atoms with Crippen molar-refractivity contribution in [1.82, 2.24) is 5.32 Å². The molecule has 0 radical (unpaired) electrons. The number of carbonyl (C=O) groups excluding carboxylic acids is 1. The maximum absolute atomic E-state index is 12.2. The van der Waals surface area contributed by atoms with E-state index in [4.69, 9.17) is 0 Å². The molecule has 0 fully saturated rings. The van der Waals surface area contributed by atoms with Gasteiger partial charge in [-0.15, -0.1) is 11.8 Å². The van der Waals surface area contributed by atoms with Gasteiger partial charge in [-0.25, -0.2) is 0 Å². The van der Waals surface area contributed by atoms with Gasteiger partial charge in [0.1, 0.15) is 0 Å². The van der Waals surface area contributed by atoms with Crippen LogP contribution in [-0.2, 0) is 17.1 Å². The van der Waals surface area contributed by atoms with Crippen molar-refractivity contribution in [2.24, 2.45) is 0 Å². The Hall–Kier alpha value is -1.46. The largest absolute Gasteiger partial charge is 0.378 e. The Balaban J connectivity index is 1.77. The standard InChI is InChI=1S/C19H23BrN2OS/c1-14(24-13-16-4-8-17(20)9-5-16)19(23)21-12-15-6-10-18(11-7-15)22(2)3/h4-11,14H,12-13H2,1-3H3,(H,21,23)/t14-/m0/s1. The lowest BCUT2D eigenvalue weighted by Crippen LogP contribution is -2.30. The molecule has 1 atom stereocenters. The smallest absolute Gasteiger partial charge is 0.233 e. The first-order chi connectivity index (χ1) is 11.5. The summed E-state index contributed by atoms with van der Waals surface area (Å²) in [6.45, 7) is 2.52. The minimum absolute atomic E-state index is 0.0744. The van der Waals surface area contributed by atoms with Gasteiger partial charge in [0, 0.05) is 36.6 Å². The zero-order valence-electron chi connectivity index (χ0n) is 14.3. The lowest BCUT2D eigenvalue weighted by atomic mass is 10.2. The molecule has 0 heterocycles. The molecule has 128 valence electrons. The molecule has 0 aromatic heterocycles. The number of benzene rings is 2. The van der Waals surface area contributed by atoms with Crippen LogP contribution in [0.25, 0.3) is 0 Å². The Morgan fingerprint density at radius 2 is 1.67 bits per heavy atom. The van der Waals surface area contributed by atoms with Crippen LogP contribution in [0.1, 0.15) is 18.1 Å². The average Bonchev–Trinajstić information content (AvgIpc) is 2.59. The summed E-state index contributed by atoms with van der Waals surface area (Å²) < 4.78 is 1.07. The third-order valence-corrected chi connectivity index (χ3v) is 5.44. The van der Waals surface area contributed by atoms with Crippen LogP contribution in [0.4, 0.5) is 5.69 Å². The Morgan fingerprint density at radius 3 is 2.25 bits per heavy atom. The molecular weight excluding hydrogens is 384 g/mol. The van der Waals surface area contributed by atoms with Crippen LogP contribution in [0, 0.1) is 0 Å². The van der Waals surface area contributed by atoms with Crippen molar-refractivity contribution in [1.29, 1.82) is 0 Å². The minimum Gasteiger partial charge on any atom is -0.378 e. The molecule has 2 rings (SSSR count). The summed E-state index contributed by atoms with van der Waals surface area (Å²) in [6, 6.07) is 16.4. The zero-order chi connectivity index (χ0) is 17.5. The van der Waals surface area contributed by atoms with E-state index in [0.717, 1.165) is 21.5 Å². The highest BCUT2D eigenvalue weighted by Gasteiger charge is 2.13. The molecule has 0 bridgehead atoms. The van der Waals surface area contributed by atoms with Gasteiger partial charge in [-0.2, -0.15) is 0 Å². The summed E-state index contributed by atoms with van der Waals surface area (Å²) >= 11 is 5.08. The quantitative estimate of drug-likeness (QED) is 0.736. The summed E-state index contributed by atoms with van der Waals surface area (Å²) in [6.07, 6.45) is 0. The van der Waals surface area contributed by atoms with Crippen molar-refractivity contribution < 1.29 is 4.79 Å². The molecule has 5 heteroatoms. The summed E-state index contributed by atoms with van der Waals surface area (Å²) in [5, 5.41) is 2.94. The Kier molecular flexibility index (Phi) is 7.18. The Bertz CT molecular complexity index is 656. The van der Waals surface area contributed by atoms with E-state index in [-0.39, 0.29) is 11.2 Å². The molecule has 0 unspecified atom stereocenters. The van der Waals surface area contributed by atoms with Gasteiger partial charge >= 0.3 is 0 Å². The molecule has 0 spiro atoms. The van der Waals surface area contributed by atoms with Crippen molar-refractivity contribution in [2.45, 2.75) is 24.5 Å². The zero-order valence-corrected chi connectivity index (χ0v) is 16.7. The average molecular weight is 407 g/mol. The van der Waals surface area contributed by atoms with Crippen molar-refractivity contribution in [3.8, 4) is 0 Å². The van der Waals surface area contributed by atoms with E-state index in [1.54, 1.807) is 11.8 Å². The third kappa shape index (κ3) is 5.87. The molecular formula is C19H23BrN2OS. The highest BCUT2D eigenvalue weighted by molar-refractivity contribution is 9.10. The molecule has 0 aliphatic rings. The number of carbonyl (C=O) groups is 1. The first kappa shape index (κ1) is 18.9. The van der Waals surface area contributed by atoms with Crippen molar-refractivity contribution in [3.63, 3.8) is 0 Å². The number of amides is 1. The van der Waals surface area contributed by atoms with E-state index in [1.807, 2.05) is 33.2 Å². The van der Waals surface area contributed by atoms with Crippen LogP contribution < -0.4 is 10.2 Å². The lowest BCUT2D eigenvalue weighted by Gasteiger charge is -2.14. The van der Waals surface area contributed by atoms with Gasteiger partial charge in [-0.1, -0.05) is 40.2 Å². The van der Waals surface area contributed by atoms with Crippen LogP contribution in [-0.4, -0.2) is 25.3 Å². The highest BCUT2D eigenvalue weighted by Crippen LogP contribution is 2.20. The van der Waals surface area contributed by atoms with Crippen LogP contribution in [0.5, 0.6) is 0 Å². The predicted molar refractivity (Wildman–Crippen MR) is 108 cm³/mol. The van der Waals surface area contributed by atoms with Crippen LogP contribution in [0.15, 0.2) is 53.0 Å². The van der Waals surface area contributed by atoms with Crippen molar-refractivity contribution >= 4 is 39.3 Å². The fourth-order valence-electron chi connectivity index (χ4n) is 2.12. The Labute approximate surface area is 157 Å². The summed E-state index contributed by atoms with van der Waals surface area (Å²) in [5.74, 6) is 0.910.